The zero-order valence-electron chi connectivity index (χ0n) is 12.1. The van der Waals surface area contributed by atoms with Crippen LogP contribution in [-0.4, -0.2) is 14.2 Å². The van der Waals surface area contributed by atoms with Crippen molar-refractivity contribution in [2.24, 2.45) is 0 Å². The summed E-state index contributed by atoms with van der Waals surface area (Å²) in [6.45, 7) is 0. The van der Waals surface area contributed by atoms with Crippen molar-refractivity contribution in [2.75, 3.05) is 14.2 Å². The largest absolute Gasteiger partial charge is 0.496 e. The fourth-order valence-electron chi connectivity index (χ4n) is 1.96. The van der Waals surface area contributed by atoms with Crippen molar-refractivity contribution in [3.05, 3.63) is 57.0 Å². The van der Waals surface area contributed by atoms with Gasteiger partial charge in [-0.1, -0.05) is 39.7 Å². The first-order valence-corrected chi connectivity index (χ1v) is 7.55. The van der Waals surface area contributed by atoms with Gasteiger partial charge in [0.2, 0.25) is 0 Å². The molecule has 0 aliphatic rings. The Morgan fingerprint density at radius 3 is 2.32 bits per heavy atom. The summed E-state index contributed by atoms with van der Waals surface area (Å²) in [5.41, 5.74) is 2.06. The number of hydrogen-bond donors (Lipinski definition) is 0. The van der Waals surface area contributed by atoms with Gasteiger partial charge >= 0.3 is 0 Å². The molecular formula is C17H13BrClNO2. The molecule has 0 aliphatic heterocycles. The Hall–Kier alpha value is -1.96. The lowest BCUT2D eigenvalue weighted by atomic mass is 10.0. The van der Waals surface area contributed by atoms with Crippen molar-refractivity contribution < 1.29 is 9.47 Å². The van der Waals surface area contributed by atoms with Crippen molar-refractivity contribution in [1.82, 2.24) is 0 Å². The number of hydrogen-bond acceptors (Lipinski definition) is 3. The molecule has 0 atom stereocenters. The van der Waals surface area contributed by atoms with Crippen LogP contribution in [-0.2, 0) is 0 Å². The number of methoxy groups -OCH3 is 2. The summed E-state index contributed by atoms with van der Waals surface area (Å²) in [7, 11) is 3.10. The Balaban J connectivity index is 2.52. The van der Waals surface area contributed by atoms with E-state index in [9.17, 15) is 5.26 Å². The fourth-order valence-corrected chi connectivity index (χ4v) is 2.47. The molecule has 0 unspecified atom stereocenters. The zero-order chi connectivity index (χ0) is 16.1. The van der Waals surface area contributed by atoms with Gasteiger partial charge < -0.3 is 9.47 Å². The lowest BCUT2D eigenvalue weighted by Crippen LogP contribution is -1.92. The van der Waals surface area contributed by atoms with Crippen LogP contribution in [0, 0.1) is 11.3 Å². The molecule has 3 nitrogen and oxygen atoms in total. The van der Waals surface area contributed by atoms with Gasteiger partial charge in [-0.25, -0.2) is 0 Å². The molecule has 0 amide bonds. The molecule has 0 saturated heterocycles. The van der Waals surface area contributed by atoms with E-state index in [0.29, 0.717) is 27.7 Å². The van der Waals surface area contributed by atoms with Crippen LogP contribution in [0.15, 0.2) is 40.9 Å². The summed E-state index contributed by atoms with van der Waals surface area (Å²) in [5, 5.41) is 9.88. The molecule has 0 heterocycles. The highest BCUT2D eigenvalue weighted by atomic mass is 79.9. The van der Waals surface area contributed by atoms with Gasteiger partial charge in [0, 0.05) is 16.1 Å². The Kier molecular flexibility index (Phi) is 5.48. The predicted octanol–water partition coefficient (Wildman–Crippen LogP) is 5.18. The maximum Gasteiger partial charge on any atom is 0.141 e. The second-order valence-electron chi connectivity index (χ2n) is 4.41. The van der Waals surface area contributed by atoms with E-state index >= 15 is 0 Å². The smallest absolute Gasteiger partial charge is 0.141 e. The van der Waals surface area contributed by atoms with E-state index in [1.807, 2.05) is 24.3 Å². The molecule has 0 radical (unpaired) electrons. The average Bonchev–Trinajstić information content (AvgIpc) is 2.53. The Morgan fingerprint density at radius 2 is 1.77 bits per heavy atom. The molecule has 0 saturated carbocycles. The Labute approximate surface area is 142 Å². The molecule has 0 aliphatic carbocycles. The van der Waals surface area contributed by atoms with E-state index < -0.39 is 0 Å². The van der Waals surface area contributed by atoms with Crippen molar-refractivity contribution in [2.45, 2.75) is 0 Å². The van der Waals surface area contributed by atoms with Crippen LogP contribution in [0.3, 0.4) is 0 Å². The molecule has 22 heavy (non-hydrogen) atoms. The highest BCUT2D eigenvalue weighted by Crippen LogP contribution is 2.34. The van der Waals surface area contributed by atoms with Crippen LogP contribution in [0.4, 0.5) is 0 Å². The molecule has 112 valence electrons. The van der Waals surface area contributed by atoms with Gasteiger partial charge in [0.1, 0.15) is 11.5 Å². The van der Waals surface area contributed by atoms with E-state index in [0.717, 1.165) is 10.0 Å². The number of benzene rings is 2. The molecular weight excluding hydrogens is 366 g/mol. The van der Waals surface area contributed by atoms with Crippen molar-refractivity contribution in [1.29, 1.82) is 5.26 Å². The normalized spacial score (nSPS) is 11.0. The third kappa shape index (κ3) is 3.62. The standard InChI is InChI=1S/C17H13BrClNO2/c1-21-16-9-17(22-2)15(19)8-12(16)7-13(10-20)11-3-5-14(18)6-4-11/h3-9H,1-2H3/b13-7+. The average molecular weight is 379 g/mol. The molecule has 2 aromatic rings. The molecule has 0 bridgehead atoms. The van der Waals surface area contributed by atoms with Crippen molar-refractivity contribution in [3.8, 4) is 17.6 Å². The van der Waals surface area contributed by atoms with Crippen molar-refractivity contribution >= 4 is 39.2 Å². The zero-order valence-corrected chi connectivity index (χ0v) is 14.4. The minimum Gasteiger partial charge on any atom is -0.496 e. The third-order valence-electron chi connectivity index (χ3n) is 3.08. The number of halogens is 2. The fraction of sp³-hybridized carbons (Fsp3) is 0.118. The number of nitrogens with zero attached hydrogens (tertiary/aromatic N) is 1. The first kappa shape index (κ1) is 16.4. The van der Waals surface area contributed by atoms with Crippen LogP contribution >= 0.6 is 27.5 Å². The minimum atomic E-state index is 0.461. The second-order valence-corrected chi connectivity index (χ2v) is 5.73. The molecule has 0 fully saturated rings. The van der Waals surface area contributed by atoms with Crippen LogP contribution < -0.4 is 9.47 Å². The molecule has 0 spiro atoms. The topological polar surface area (TPSA) is 42.2 Å². The summed E-state index contributed by atoms with van der Waals surface area (Å²) < 4.78 is 11.5. The number of allylic oxidation sites excluding steroid dienone is 1. The van der Waals surface area contributed by atoms with E-state index in [1.54, 1.807) is 32.4 Å². The van der Waals surface area contributed by atoms with Crippen LogP contribution in [0.25, 0.3) is 11.6 Å². The summed E-state index contributed by atoms with van der Waals surface area (Å²) in [6.07, 6.45) is 1.74. The Morgan fingerprint density at radius 1 is 1.14 bits per heavy atom. The predicted molar refractivity (Wildman–Crippen MR) is 92.2 cm³/mol. The van der Waals surface area contributed by atoms with Gasteiger partial charge in [0.25, 0.3) is 0 Å². The number of rotatable bonds is 4. The summed E-state index contributed by atoms with van der Waals surface area (Å²) >= 11 is 9.53. The van der Waals surface area contributed by atoms with Crippen LogP contribution in [0.2, 0.25) is 5.02 Å². The van der Waals surface area contributed by atoms with Gasteiger partial charge in [-0.15, -0.1) is 0 Å². The van der Waals surface area contributed by atoms with Gasteiger partial charge in [0.15, 0.2) is 0 Å². The van der Waals surface area contributed by atoms with Gasteiger partial charge in [-0.05, 0) is 29.8 Å². The maximum absolute atomic E-state index is 9.42. The second kappa shape index (κ2) is 7.35. The van der Waals surface area contributed by atoms with Crippen LogP contribution in [0.1, 0.15) is 11.1 Å². The monoisotopic (exact) mass is 377 g/mol. The number of ether oxygens (including phenoxy) is 2. The van der Waals surface area contributed by atoms with E-state index in [1.165, 1.54) is 0 Å². The molecule has 2 rings (SSSR count). The maximum atomic E-state index is 9.42. The van der Waals surface area contributed by atoms with Gasteiger partial charge in [-0.3, -0.25) is 0 Å². The lowest BCUT2D eigenvalue weighted by molar-refractivity contribution is 0.394. The molecule has 0 N–H and O–H groups in total. The summed E-state index contributed by atoms with van der Waals surface area (Å²) in [5.74, 6) is 1.11. The van der Waals surface area contributed by atoms with E-state index in [2.05, 4.69) is 22.0 Å². The third-order valence-corrected chi connectivity index (χ3v) is 3.90. The first-order chi connectivity index (χ1) is 10.6. The van der Waals surface area contributed by atoms with Crippen LogP contribution in [0.5, 0.6) is 11.5 Å². The molecule has 5 heteroatoms. The van der Waals surface area contributed by atoms with Gasteiger partial charge in [0.05, 0.1) is 30.9 Å². The summed E-state index contributed by atoms with van der Waals surface area (Å²) in [4.78, 5) is 0. The highest BCUT2D eigenvalue weighted by molar-refractivity contribution is 9.10. The Bertz CT molecular complexity index is 748. The quantitative estimate of drug-likeness (QED) is 0.543. The van der Waals surface area contributed by atoms with Crippen molar-refractivity contribution in [3.63, 3.8) is 0 Å². The van der Waals surface area contributed by atoms with E-state index in [-0.39, 0.29) is 0 Å². The lowest BCUT2D eigenvalue weighted by Gasteiger charge is -2.10. The highest BCUT2D eigenvalue weighted by Gasteiger charge is 2.10. The minimum absolute atomic E-state index is 0.461. The SMILES string of the molecule is COc1cc(OC)c(/C=C(\C#N)c2ccc(Br)cc2)cc1Cl. The van der Waals surface area contributed by atoms with Gasteiger partial charge in [-0.2, -0.15) is 5.26 Å². The van der Waals surface area contributed by atoms with E-state index in [4.69, 9.17) is 21.1 Å². The molecule has 2 aromatic carbocycles. The first-order valence-electron chi connectivity index (χ1n) is 6.38. The molecule has 0 aromatic heterocycles. The number of nitriles is 1. The summed E-state index contributed by atoms with van der Waals surface area (Å²) in [6, 6.07) is 13.1.